The smallest absolute Gasteiger partial charge is 0.222 e. The molecule has 0 bridgehead atoms. The zero-order valence-corrected chi connectivity index (χ0v) is 12.7. The number of aromatic nitrogens is 1. The minimum absolute atomic E-state index is 0.288. The van der Waals surface area contributed by atoms with Crippen LogP contribution in [0.2, 0.25) is 0 Å². The Labute approximate surface area is 123 Å². The number of nitrogens with zero attached hydrogens (tertiary/aromatic N) is 2. The van der Waals surface area contributed by atoms with E-state index in [0.717, 1.165) is 36.5 Å². The predicted molar refractivity (Wildman–Crippen MR) is 82.9 cm³/mol. The standard InChI is InChI=1S/C16H20N2OS/c1-12-5-4-10-18(11-12)16(19)9-8-15-17-13-6-2-3-7-14(13)20-15/h2-3,6-7,12H,4-5,8-11H2,1H3. The van der Waals surface area contributed by atoms with Crippen LogP contribution in [0.3, 0.4) is 0 Å². The summed E-state index contributed by atoms with van der Waals surface area (Å²) in [5.41, 5.74) is 1.05. The van der Waals surface area contributed by atoms with Gasteiger partial charge in [0.2, 0.25) is 5.91 Å². The molecule has 0 aliphatic carbocycles. The van der Waals surface area contributed by atoms with Gasteiger partial charge in [-0.3, -0.25) is 4.79 Å². The molecule has 2 aromatic rings. The van der Waals surface area contributed by atoms with Crippen molar-refractivity contribution in [2.24, 2.45) is 5.92 Å². The van der Waals surface area contributed by atoms with Gasteiger partial charge in [0.1, 0.15) is 0 Å². The summed E-state index contributed by atoms with van der Waals surface area (Å²) in [7, 11) is 0. The van der Waals surface area contributed by atoms with Crippen molar-refractivity contribution in [2.75, 3.05) is 13.1 Å². The molecule has 1 aliphatic rings. The highest BCUT2D eigenvalue weighted by Crippen LogP contribution is 2.23. The van der Waals surface area contributed by atoms with Crippen molar-refractivity contribution in [1.82, 2.24) is 9.88 Å². The molecule has 1 aromatic carbocycles. The van der Waals surface area contributed by atoms with Gasteiger partial charge in [0, 0.05) is 25.9 Å². The highest BCUT2D eigenvalue weighted by Gasteiger charge is 2.20. The maximum Gasteiger partial charge on any atom is 0.222 e. The number of carbonyl (C=O) groups excluding carboxylic acids is 1. The molecule has 3 nitrogen and oxygen atoms in total. The van der Waals surface area contributed by atoms with E-state index in [1.165, 1.54) is 11.1 Å². The predicted octanol–water partition coefficient (Wildman–Crippen LogP) is 3.49. The van der Waals surface area contributed by atoms with Gasteiger partial charge in [-0.15, -0.1) is 11.3 Å². The molecule has 1 aliphatic heterocycles. The molecule has 1 unspecified atom stereocenters. The molecule has 1 fully saturated rings. The quantitative estimate of drug-likeness (QED) is 0.866. The molecule has 20 heavy (non-hydrogen) atoms. The number of fused-ring (bicyclic) bond motifs is 1. The van der Waals surface area contributed by atoms with Crippen LogP contribution < -0.4 is 0 Å². The van der Waals surface area contributed by atoms with Crippen molar-refractivity contribution in [2.45, 2.75) is 32.6 Å². The lowest BCUT2D eigenvalue weighted by Crippen LogP contribution is -2.39. The molecule has 3 rings (SSSR count). The van der Waals surface area contributed by atoms with Crippen molar-refractivity contribution >= 4 is 27.5 Å². The molecular weight excluding hydrogens is 268 g/mol. The summed E-state index contributed by atoms with van der Waals surface area (Å²) >= 11 is 1.70. The molecule has 0 spiro atoms. The summed E-state index contributed by atoms with van der Waals surface area (Å²) in [4.78, 5) is 18.9. The second kappa shape index (κ2) is 5.92. The van der Waals surface area contributed by atoms with Gasteiger partial charge < -0.3 is 4.90 Å². The lowest BCUT2D eigenvalue weighted by atomic mass is 10.00. The van der Waals surface area contributed by atoms with Crippen LogP contribution in [0.15, 0.2) is 24.3 Å². The number of hydrogen-bond acceptors (Lipinski definition) is 3. The Bertz CT molecular complexity index is 574. The van der Waals surface area contributed by atoms with E-state index in [9.17, 15) is 4.79 Å². The Hall–Kier alpha value is -1.42. The molecule has 106 valence electrons. The molecule has 1 atom stereocenters. The van der Waals surface area contributed by atoms with Crippen LogP contribution in [0, 0.1) is 5.92 Å². The molecule has 0 N–H and O–H groups in total. The van der Waals surface area contributed by atoms with Crippen LogP contribution in [0.25, 0.3) is 10.2 Å². The first-order chi connectivity index (χ1) is 9.72. The lowest BCUT2D eigenvalue weighted by molar-refractivity contribution is -0.132. The highest BCUT2D eigenvalue weighted by molar-refractivity contribution is 7.18. The number of benzene rings is 1. The summed E-state index contributed by atoms with van der Waals surface area (Å²) in [5.74, 6) is 0.936. The van der Waals surface area contributed by atoms with Crippen LogP contribution in [0.1, 0.15) is 31.2 Å². The Morgan fingerprint density at radius 3 is 3.10 bits per heavy atom. The number of thiazole rings is 1. The Balaban J connectivity index is 1.59. The summed E-state index contributed by atoms with van der Waals surface area (Å²) in [5, 5.41) is 1.07. The maximum absolute atomic E-state index is 12.2. The van der Waals surface area contributed by atoms with Gasteiger partial charge >= 0.3 is 0 Å². The third-order valence-electron chi connectivity index (χ3n) is 3.90. The van der Waals surface area contributed by atoms with E-state index in [0.29, 0.717) is 12.3 Å². The number of para-hydroxylation sites is 1. The Morgan fingerprint density at radius 1 is 1.45 bits per heavy atom. The molecule has 2 heterocycles. The van der Waals surface area contributed by atoms with E-state index in [1.54, 1.807) is 11.3 Å². The van der Waals surface area contributed by atoms with Gasteiger partial charge in [-0.2, -0.15) is 0 Å². The average molecular weight is 288 g/mol. The topological polar surface area (TPSA) is 33.2 Å². The van der Waals surface area contributed by atoms with Gasteiger partial charge in [0.05, 0.1) is 15.2 Å². The maximum atomic E-state index is 12.2. The van der Waals surface area contributed by atoms with Gasteiger partial charge in [-0.05, 0) is 30.9 Å². The lowest BCUT2D eigenvalue weighted by Gasteiger charge is -2.30. The number of hydrogen-bond donors (Lipinski definition) is 0. The fourth-order valence-electron chi connectivity index (χ4n) is 2.81. The highest BCUT2D eigenvalue weighted by atomic mass is 32.1. The number of aryl methyl sites for hydroxylation is 1. The Morgan fingerprint density at radius 2 is 2.30 bits per heavy atom. The molecule has 1 aromatic heterocycles. The van der Waals surface area contributed by atoms with E-state index in [-0.39, 0.29) is 5.91 Å². The number of carbonyl (C=O) groups is 1. The van der Waals surface area contributed by atoms with Gasteiger partial charge in [-0.25, -0.2) is 4.98 Å². The largest absolute Gasteiger partial charge is 0.342 e. The van der Waals surface area contributed by atoms with Gasteiger partial charge in [0.25, 0.3) is 0 Å². The molecule has 1 saturated heterocycles. The number of rotatable bonds is 3. The summed E-state index contributed by atoms with van der Waals surface area (Å²) in [6.07, 6.45) is 3.76. The first-order valence-corrected chi connectivity index (χ1v) is 8.16. The second-order valence-electron chi connectivity index (χ2n) is 5.66. The van der Waals surface area contributed by atoms with Crippen LogP contribution in [-0.4, -0.2) is 28.9 Å². The average Bonchev–Trinajstić information content (AvgIpc) is 2.87. The van der Waals surface area contributed by atoms with Crippen molar-refractivity contribution in [1.29, 1.82) is 0 Å². The molecule has 1 amide bonds. The normalized spacial score (nSPS) is 19.4. The Kier molecular flexibility index (Phi) is 4.01. The van der Waals surface area contributed by atoms with E-state index < -0.39 is 0 Å². The minimum Gasteiger partial charge on any atom is -0.342 e. The summed E-state index contributed by atoms with van der Waals surface area (Å²) < 4.78 is 1.21. The molecule has 0 saturated carbocycles. The SMILES string of the molecule is CC1CCCN(C(=O)CCc2nc3ccccc3s2)C1. The first kappa shape index (κ1) is 13.6. The summed E-state index contributed by atoms with van der Waals surface area (Å²) in [6.45, 7) is 4.09. The third-order valence-corrected chi connectivity index (χ3v) is 5.00. The number of amides is 1. The van der Waals surface area contributed by atoms with Crippen LogP contribution >= 0.6 is 11.3 Å². The zero-order chi connectivity index (χ0) is 13.9. The van der Waals surface area contributed by atoms with Crippen LogP contribution in [0.5, 0.6) is 0 Å². The van der Waals surface area contributed by atoms with Crippen LogP contribution in [-0.2, 0) is 11.2 Å². The molecule has 4 heteroatoms. The number of piperidine rings is 1. The fourth-order valence-corrected chi connectivity index (χ4v) is 3.78. The zero-order valence-electron chi connectivity index (χ0n) is 11.8. The first-order valence-electron chi connectivity index (χ1n) is 7.34. The van der Waals surface area contributed by atoms with Crippen molar-refractivity contribution in [3.63, 3.8) is 0 Å². The van der Waals surface area contributed by atoms with E-state index in [2.05, 4.69) is 18.0 Å². The van der Waals surface area contributed by atoms with Crippen molar-refractivity contribution in [3.05, 3.63) is 29.3 Å². The van der Waals surface area contributed by atoms with E-state index >= 15 is 0 Å². The third kappa shape index (κ3) is 3.01. The van der Waals surface area contributed by atoms with Gasteiger partial charge in [-0.1, -0.05) is 19.1 Å². The monoisotopic (exact) mass is 288 g/mol. The van der Waals surface area contributed by atoms with Crippen LogP contribution in [0.4, 0.5) is 0 Å². The number of likely N-dealkylation sites (tertiary alicyclic amines) is 1. The molecular formula is C16H20N2OS. The fraction of sp³-hybridized carbons (Fsp3) is 0.500. The van der Waals surface area contributed by atoms with E-state index in [4.69, 9.17) is 0 Å². The molecule has 0 radical (unpaired) electrons. The second-order valence-corrected chi connectivity index (χ2v) is 6.78. The van der Waals surface area contributed by atoms with Crippen molar-refractivity contribution < 1.29 is 4.79 Å². The minimum atomic E-state index is 0.288. The van der Waals surface area contributed by atoms with E-state index in [1.807, 2.05) is 23.1 Å². The van der Waals surface area contributed by atoms with Crippen molar-refractivity contribution in [3.8, 4) is 0 Å². The van der Waals surface area contributed by atoms with Gasteiger partial charge in [0.15, 0.2) is 0 Å². The summed E-state index contributed by atoms with van der Waals surface area (Å²) in [6, 6.07) is 8.16.